The van der Waals surface area contributed by atoms with E-state index in [1.807, 2.05) is 30.3 Å². The first kappa shape index (κ1) is 13.1. The second-order valence-corrected chi connectivity index (χ2v) is 4.69. The van der Waals surface area contributed by atoms with Crippen LogP contribution in [-0.4, -0.2) is 31.1 Å². The van der Waals surface area contributed by atoms with Crippen molar-refractivity contribution in [3.8, 4) is 0 Å². The van der Waals surface area contributed by atoms with Crippen molar-refractivity contribution in [3.63, 3.8) is 0 Å². The van der Waals surface area contributed by atoms with E-state index in [2.05, 4.69) is 4.90 Å². The largest absolute Gasteiger partial charge is 0.469 e. The Bertz CT molecular complexity index is 386. The second kappa shape index (κ2) is 5.98. The summed E-state index contributed by atoms with van der Waals surface area (Å²) in [5.74, 6) is -0.0582. The summed E-state index contributed by atoms with van der Waals surface area (Å²) in [5, 5.41) is 0. The van der Waals surface area contributed by atoms with Gasteiger partial charge < -0.3 is 10.5 Å². The molecular weight excluding hydrogens is 228 g/mol. The highest BCUT2D eigenvalue weighted by atomic mass is 16.5. The van der Waals surface area contributed by atoms with Crippen LogP contribution in [0, 0.1) is 5.92 Å². The summed E-state index contributed by atoms with van der Waals surface area (Å²) in [4.78, 5) is 13.7. The molecule has 4 nitrogen and oxygen atoms in total. The molecule has 1 unspecified atom stereocenters. The fourth-order valence-corrected chi connectivity index (χ4v) is 2.44. The number of hydrogen-bond donors (Lipinski definition) is 1. The standard InChI is InChI=1S/C14H20N2O2/c1-18-14(17)12-7-9-16(10-8-12)13(15)11-5-3-2-4-6-11/h2-6,12-13H,7-10,15H2,1H3. The summed E-state index contributed by atoms with van der Waals surface area (Å²) in [6.45, 7) is 1.69. The van der Waals surface area contributed by atoms with Gasteiger partial charge in [0, 0.05) is 13.1 Å². The average Bonchev–Trinajstić information content (AvgIpc) is 2.47. The molecule has 1 heterocycles. The number of nitrogens with zero attached hydrogens (tertiary/aromatic N) is 1. The number of benzene rings is 1. The van der Waals surface area contributed by atoms with Gasteiger partial charge in [-0.3, -0.25) is 9.69 Å². The minimum absolute atomic E-state index is 0.0363. The Labute approximate surface area is 108 Å². The van der Waals surface area contributed by atoms with E-state index in [9.17, 15) is 4.79 Å². The van der Waals surface area contributed by atoms with Crippen LogP contribution < -0.4 is 5.73 Å². The molecule has 2 N–H and O–H groups in total. The quantitative estimate of drug-likeness (QED) is 0.824. The first-order chi connectivity index (χ1) is 8.72. The summed E-state index contributed by atoms with van der Waals surface area (Å²) in [5.41, 5.74) is 7.35. The molecule has 1 aliphatic rings. The zero-order valence-corrected chi connectivity index (χ0v) is 10.7. The third-order valence-corrected chi connectivity index (χ3v) is 3.60. The molecule has 0 aromatic heterocycles. The Morgan fingerprint density at radius 1 is 1.33 bits per heavy atom. The topological polar surface area (TPSA) is 55.6 Å². The maximum absolute atomic E-state index is 11.4. The van der Waals surface area contributed by atoms with Gasteiger partial charge in [0.05, 0.1) is 19.2 Å². The summed E-state index contributed by atoms with van der Waals surface area (Å²) < 4.78 is 4.78. The van der Waals surface area contributed by atoms with Crippen molar-refractivity contribution in [2.45, 2.75) is 19.0 Å². The molecule has 0 aliphatic carbocycles. The number of hydrogen-bond acceptors (Lipinski definition) is 4. The summed E-state index contributed by atoms with van der Waals surface area (Å²) in [6, 6.07) is 10.1. The Morgan fingerprint density at radius 3 is 2.50 bits per heavy atom. The number of ether oxygens (including phenoxy) is 1. The van der Waals surface area contributed by atoms with Crippen LogP contribution in [-0.2, 0) is 9.53 Å². The van der Waals surface area contributed by atoms with Gasteiger partial charge in [0.25, 0.3) is 0 Å². The third kappa shape index (κ3) is 2.89. The fraction of sp³-hybridized carbons (Fsp3) is 0.500. The van der Waals surface area contributed by atoms with E-state index in [1.54, 1.807) is 0 Å². The second-order valence-electron chi connectivity index (χ2n) is 4.69. The molecule has 18 heavy (non-hydrogen) atoms. The normalized spacial score (nSPS) is 19.4. The molecule has 1 atom stereocenters. The van der Waals surface area contributed by atoms with Crippen LogP contribution in [0.25, 0.3) is 0 Å². The van der Waals surface area contributed by atoms with E-state index in [0.717, 1.165) is 31.5 Å². The lowest BCUT2D eigenvalue weighted by Gasteiger charge is -2.34. The molecule has 0 spiro atoms. The highest BCUT2D eigenvalue weighted by molar-refractivity contribution is 5.72. The van der Waals surface area contributed by atoms with Crippen LogP contribution in [0.2, 0.25) is 0 Å². The Kier molecular flexibility index (Phi) is 4.33. The molecule has 0 amide bonds. The van der Waals surface area contributed by atoms with Crippen LogP contribution in [0.3, 0.4) is 0 Å². The molecule has 0 bridgehead atoms. The van der Waals surface area contributed by atoms with E-state index in [4.69, 9.17) is 10.5 Å². The third-order valence-electron chi connectivity index (χ3n) is 3.60. The van der Waals surface area contributed by atoms with Crippen LogP contribution in [0.1, 0.15) is 24.6 Å². The first-order valence-electron chi connectivity index (χ1n) is 6.35. The lowest BCUT2D eigenvalue weighted by molar-refractivity contribution is -0.147. The maximum Gasteiger partial charge on any atom is 0.308 e. The van der Waals surface area contributed by atoms with Crippen molar-refractivity contribution in [2.75, 3.05) is 20.2 Å². The van der Waals surface area contributed by atoms with Crippen molar-refractivity contribution in [3.05, 3.63) is 35.9 Å². The molecular formula is C14H20N2O2. The summed E-state index contributed by atoms with van der Waals surface area (Å²) in [7, 11) is 1.45. The minimum Gasteiger partial charge on any atom is -0.469 e. The number of nitrogens with two attached hydrogens (primary N) is 1. The van der Waals surface area contributed by atoms with Crippen molar-refractivity contribution in [1.82, 2.24) is 4.90 Å². The van der Waals surface area contributed by atoms with Crippen molar-refractivity contribution in [2.24, 2.45) is 11.7 Å². The van der Waals surface area contributed by atoms with Gasteiger partial charge in [-0.25, -0.2) is 0 Å². The highest BCUT2D eigenvalue weighted by Crippen LogP contribution is 2.24. The van der Waals surface area contributed by atoms with Gasteiger partial charge in [-0.2, -0.15) is 0 Å². The molecule has 0 saturated carbocycles. The lowest BCUT2D eigenvalue weighted by atomic mass is 9.96. The predicted molar refractivity (Wildman–Crippen MR) is 69.7 cm³/mol. The van der Waals surface area contributed by atoms with Gasteiger partial charge >= 0.3 is 5.97 Å². The highest BCUT2D eigenvalue weighted by Gasteiger charge is 2.28. The van der Waals surface area contributed by atoms with Crippen LogP contribution in [0.15, 0.2) is 30.3 Å². The Balaban J connectivity index is 1.92. The molecule has 98 valence electrons. The lowest BCUT2D eigenvalue weighted by Crippen LogP contribution is -2.42. The van der Waals surface area contributed by atoms with E-state index in [-0.39, 0.29) is 18.1 Å². The molecule has 2 rings (SSSR count). The SMILES string of the molecule is COC(=O)C1CCN(C(N)c2ccccc2)CC1. The smallest absolute Gasteiger partial charge is 0.308 e. The molecule has 1 saturated heterocycles. The van der Waals surface area contributed by atoms with Gasteiger partial charge in [-0.1, -0.05) is 30.3 Å². The minimum atomic E-state index is -0.0945. The first-order valence-corrected chi connectivity index (χ1v) is 6.35. The van der Waals surface area contributed by atoms with Crippen molar-refractivity contribution >= 4 is 5.97 Å². The predicted octanol–water partition coefficient (Wildman–Crippen LogP) is 1.53. The molecule has 1 aliphatic heterocycles. The number of likely N-dealkylation sites (tertiary alicyclic amines) is 1. The number of carbonyl (C=O) groups excluding carboxylic acids is 1. The molecule has 4 heteroatoms. The van der Waals surface area contributed by atoms with Gasteiger partial charge in [0.15, 0.2) is 0 Å². The Hall–Kier alpha value is -1.39. The molecule has 1 aromatic rings. The molecule has 1 fully saturated rings. The van der Waals surface area contributed by atoms with Crippen LogP contribution >= 0.6 is 0 Å². The zero-order chi connectivity index (χ0) is 13.0. The number of esters is 1. The van der Waals surface area contributed by atoms with Gasteiger partial charge in [-0.15, -0.1) is 0 Å². The number of carbonyl (C=O) groups is 1. The molecule has 0 radical (unpaired) electrons. The van der Waals surface area contributed by atoms with Crippen molar-refractivity contribution in [1.29, 1.82) is 0 Å². The fourth-order valence-electron chi connectivity index (χ4n) is 2.44. The van der Waals surface area contributed by atoms with Gasteiger partial charge in [0.2, 0.25) is 0 Å². The van der Waals surface area contributed by atoms with E-state index < -0.39 is 0 Å². The molecule has 1 aromatic carbocycles. The monoisotopic (exact) mass is 248 g/mol. The summed E-state index contributed by atoms with van der Waals surface area (Å²) in [6.07, 6.45) is 1.57. The van der Waals surface area contributed by atoms with Crippen LogP contribution in [0.5, 0.6) is 0 Å². The average molecular weight is 248 g/mol. The van der Waals surface area contributed by atoms with Gasteiger partial charge in [-0.05, 0) is 18.4 Å². The number of piperidine rings is 1. The van der Waals surface area contributed by atoms with Crippen molar-refractivity contribution < 1.29 is 9.53 Å². The Morgan fingerprint density at radius 2 is 1.94 bits per heavy atom. The van der Waals surface area contributed by atoms with Crippen LogP contribution in [0.4, 0.5) is 0 Å². The maximum atomic E-state index is 11.4. The number of rotatable bonds is 3. The van der Waals surface area contributed by atoms with E-state index in [0.29, 0.717) is 0 Å². The van der Waals surface area contributed by atoms with Gasteiger partial charge in [0.1, 0.15) is 0 Å². The number of methoxy groups -OCH3 is 1. The summed E-state index contributed by atoms with van der Waals surface area (Å²) >= 11 is 0. The van der Waals surface area contributed by atoms with E-state index >= 15 is 0 Å². The van der Waals surface area contributed by atoms with E-state index in [1.165, 1.54) is 7.11 Å². The zero-order valence-electron chi connectivity index (χ0n) is 10.7.